The Kier molecular flexibility index (Phi) is 8.50. The van der Waals surface area contributed by atoms with Crippen molar-refractivity contribution in [2.45, 2.75) is 64.8 Å². The van der Waals surface area contributed by atoms with E-state index in [0.29, 0.717) is 25.2 Å². The molecule has 1 aromatic rings. The van der Waals surface area contributed by atoms with E-state index in [-0.39, 0.29) is 17.6 Å². The molecule has 0 aromatic heterocycles. The van der Waals surface area contributed by atoms with Crippen molar-refractivity contribution >= 4 is 20.6 Å². The molecule has 0 aliphatic rings. The molecule has 0 saturated carbocycles. The Balaban J connectivity index is 2.70. The monoisotopic (exact) mass is 380 g/mol. The number of carbonyl (C=O) groups is 2. The second kappa shape index (κ2) is 9.88. The van der Waals surface area contributed by atoms with Gasteiger partial charge in [0.2, 0.25) is 0 Å². The highest BCUT2D eigenvalue weighted by molar-refractivity contribution is 6.74. The molecule has 1 unspecified atom stereocenters. The summed E-state index contributed by atoms with van der Waals surface area (Å²) in [6.45, 7) is 12.9. The lowest BCUT2D eigenvalue weighted by Crippen LogP contribution is -2.45. The Morgan fingerprint density at radius 2 is 1.88 bits per heavy atom. The Hall–Kier alpha value is -1.66. The van der Waals surface area contributed by atoms with Crippen LogP contribution in [0.2, 0.25) is 18.1 Å². The highest BCUT2D eigenvalue weighted by Crippen LogP contribution is 2.37. The number of hydrogen-bond acceptors (Lipinski definition) is 5. The molecule has 5 nitrogen and oxygen atoms in total. The Labute approximate surface area is 158 Å². The van der Waals surface area contributed by atoms with Gasteiger partial charge in [-0.3, -0.25) is 4.79 Å². The standard InChI is InChI=1S/C20H32O5Si/c1-7-23-19(22)13-12-16-10-8-9-11-18(16)24-15-17(14-21)25-26(5,6)20(2,3)4/h8-11,14,17H,7,12-13,15H2,1-6H3. The zero-order valence-corrected chi connectivity index (χ0v) is 17.8. The second-order valence-corrected chi connectivity index (χ2v) is 12.5. The molecule has 1 rings (SSSR count). The maximum atomic E-state index is 11.6. The minimum atomic E-state index is -2.05. The van der Waals surface area contributed by atoms with Crippen LogP contribution in [0.25, 0.3) is 0 Å². The fourth-order valence-corrected chi connectivity index (χ4v) is 3.38. The quantitative estimate of drug-likeness (QED) is 0.347. The van der Waals surface area contributed by atoms with E-state index in [1.807, 2.05) is 24.3 Å². The zero-order chi connectivity index (χ0) is 19.8. The van der Waals surface area contributed by atoms with Gasteiger partial charge < -0.3 is 18.7 Å². The van der Waals surface area contributed by atoms with Gasteiger partial charge in [-0.1, -0.05) is 39.0 Å². The first-order valence-corrected chi connectivity index (χ1v) is 12.0. The van der Waals surface area contributed by atoms with Crippen molar-refractivity contribution in [2.75, 3.05) is 13.2 Å². The van der Waals surface area contributed by atoms with Crippen molar-refractivity contribution in [3.8, 4) is 5.75 Å². The van der Waals surface area contributed by atoms with Crippen LogP contribution in [0.15, 0.2) is 24.3 Å². The molecule has 0 heterocycles. The van der Waals surface area contributed by atoms with Gasteiger partial charge in [-0.05, 0) is 43.1 Å². The van der Waals surface area contributed by atoms with Crippen molar-refractivity contribution < 1.29 is 23.5 Å². The topological polar surface area (TPSA) is 61.8 Å². The minimum Gasteiger partial charge on any atom is -0.490 e. The molecule has 0 radical (unpaired) electrons. The summed E-state index contributed by atoms with van der Waals surface area (Å²) in [5.41, 5.74) is 0.914. The molecule has 146 valence electrons. The molecule has 1 aromatic carbocycles. The smallest absolute Gasteiger partial charge is 0.306 e. The van der Waals surface area contributed by atoms with Gasteiger partial charge >= 0.3 is 5.97 Å². The molecule has 0 aliphatic heterocycles. The minimum absolute atomic E-state index is 0.0196. The molecule has 6 heteroatoms. The third-order valence-electron chi connectivity index (χ3n) is 4.68. The van der Waals surface area contributed by atoms with Crippen molar-refractivity contribution in [3.63, 3.8) is 0 Å². The number of rotatable bonds is 10. The summed E-state index contributed by atoms with van der Waals surface area (Å²) < 4.78 is 16.9. The predicted octanol–water partition coefficient (Wildman–Crippen LogP) is 4.15. The molecule has 0 aliphatic carbocycles. The lowest BCUT2D eigenvalue weighted by Gasteiger charge is -2.37. The number of ether oxygens (including phenoxy) is 2. The predicted molar refractivity (Wildman–Crippen MR) is 105 cm³/mol. The largest absolute Gasteiger partial charge is 0.490 e. The first-order chi connectivity index (χ1) is 12.1. The molecule has 26 heavy (non-hydrogen) atoms. The van der Waals surface area contributed by atoms with E-state index in [2.05, 4.69) is 33.9 Å². The van der Waals surface area contributed by atoms with Crippen LogP contribution in [0.1, 0.15) is 39.7 Å². The fourth-order valence-electron chi connectivity index (χ4n) is 2.15. The van der Waals surface area contributed by atoms with Crippen LogP contribution in [0.5, 0.6) is 5.75 Å². The van der Waals surface area contributed by atoms with Gasteiger partial charge in [-0.2, -0.15) is 0 Å². The van der Waals surface area contributed by atoms with Crippen molar-refractivity contribution in [2.24, 2.45) is 0 Å². The Bertz CT molecular complexity index is 592. The van der Waals surface area contributed by atoms with Crippen LogP contribution in [-0.2, 0) is 25.2 Å². The van der Waals surface area contributed by atoms with Crippen LogP contribution in [0, 0.1) is 0 Å². The summed E-state index contributed by atoms with van der Waals surface area (Å²) in [5.74, 6) is 0.441. The highest BCUT2D eigenvalue weighted by atomic mass is 28.4. The van der Waals surface area contributed by atoms with E-state index in [0.717, 1.165) is 11.8 Å². The lowest BCUT2D eigenvalue weighted by molar-refractivity contribution is -0.143. The van der Waals surface area contributed by atoms with E-state index >= 15 is 0 Å². The van der Waals surface area contributed by atoms with E-state index in [9.17, 15) is 9.59 Å². The van der Waals surface area contributed by atoms with Crippen LogP contribution < -0.4 is 4.74 Å². The molecule has 0 fully saturated rings. The number of para-hydroxylation sites is 1. The van der Waals surface area contributed by atoms with Crippen LogP contribution in [-0.4, -0.2) is 39.9 Å². The van der Waals surface area contributed by atoms with Gasteiger partial charge in [0.05, 0.1) is 6.61 Å². The van der Waals surface area contributed by atoms with E-state index in [4.69, 9.17) is 13.9 Å². The fraction of sp³-hybridized carbons (Fsp3) is 0.600. The number of benzene rings is 1. The zero-order valence-electron chi connectivity index (χ0n) is 16.8. The molecular weight excluding hydrogens is 348 g/mol. The molecule has 0 bridgehead atoms. The van der Waals surface area contributed by atoms with Crippen molar-refractivity contribution in [1.29, 1.82) is 0 Å². The summed E-state index contributed by atoms with van der Waals surface area (Å²) in [4.78, 5) is 23.0. The van der Waals surface area contributed by atoms with Crippen LogP contribution in [0.3, 0.4) is 0 Å². The van der Waals surface area contributed by atoms with Crippen molar-refractivity contribution in [3.05, 3.63) is 29.8 Å². The first kappa shape index (κ1) is 22.4. The number of hydrogen-bond donors (Lipinski definition) is 0. The average Bonchev–Trinajstić information content (AvgIpc) is 2.56. The molecule has 0 N–H and O–H groups in total. The van der Waals surface area contributed by atoms with Gasteiger partial charge in [0.25, 0.3) is 0 Å². The summed E-state index contributed by atoms with van der Waals surface area (Å²) in [6.07, 6.45) is 1.03. The van der Waals surface area contributed by atoms with Crippen molar-refractivity contribution in [1.82, 2.24) is 0 Å². The lowest BCUT2D eigenvalue weighted by atomic mass is 10.1. The van der Waals surface area contributed by atoms with Gasteiger partial charge in [-0.25, -0.2) is 0 Å². The first-order valence-electron chi connectivity index (χ1n) is 9.10. The SMILES string of the molecule is CCOC(=O)CCc1ccccc1OCC(C=O)O[Si](C)(C)C(C)(C)C. The second-order valence-electron chi connectivity index (χ2n) is 7.78. The maximum absolute atomic E-state index is 11.6. The van der Waals surface area contributed by atoms with E-state index in [1.54, 1.807) is 6.92 Å². The van der Waals surface area contributed by atoms with E-state index < -0.39 is 14.4 Å². The van der Waals surface area contributed by atoms with Gasteiger partial charge in [0, 0.05) is 6.42 Å². The van der Waals surface area contributed by atoms with Gasteiger partial charge in [-0.15, -0.1) is 0 Å². The number of aryl methyl sites for hydroxylation is 1. The molecule has 1 atom stereocenters. The molecule has 0 amide bonds. The number of esters is 1. The summed E-state index contributed by atoms with van der Waals surface area (Å²) in [7, 11) is -2.05. The van der Waals surface area contributed by atoms with Crippen LogP contribution in [0.4, 0.5) is 0 Å². The number of carbonyl (C=O) groups excluding carboxylic acids is 2. The average molecular weight is 381 g/mol. The third-order valence-corrected chi connectivity index (χ3v) is 9.19. The normalized spacial score (nSPS) is 13.2. The number of aldehydes is 1. The Morgan fingerprint density at radius 1 is 1.23 bits per heavy atom. The summed E-state index contributed by atoms with van der Waals surface area (Å²) >= 11 is 0. The summed E-state index contributed by atoms with van der Waals surface area (Å²) in [6, 6.07) is 7.53. The van der Waals surface area contributed by atoms with Gasteiger partial charge in [0.15, 0.2) is 14.6 Å². The highest BCUT2D eigenvalue weighted by Gasteiger charge is 2.39. The van der Waals surface area contributed by atoms with E-state index in [1.165, 1.54) is 0 Å². The molecular formula is C20H32O5Si. The molecule has 0 saturated heterocycles. The van der Waals surface area contributed by atoms with Crippen LogP contribution >= 0.6 is 0 Å². The third kappa shape index (κ3) is 6.92. The summed E-state index contributed by atoms with van der Waals surface area (Å²) in [5, 5.41) is 0.0196. The Morgan fingerprint density at radius 3 is 2.46 bits per heavy atom. The van der Waals surface area contributed by atoms with Gasteiger partial charge in [0.1, 0.15) is 18.5 Å². The maximum Gasteiger partial charge on any atom is 0.306 e. The molecule has 0 spiro atoms.